The molecular weight excluding hydrogens is 471 g/mol. The van der Waals surface area contributed by atoms with E-state index in [4.69, 9.17) is 5.14 Å². The standard InChI is InChI=1S/C20H21FN6O4S2/c21-18-11-23-20(25-16-5-2-6-17(10-16)33(22,30)31)26-19(18)24-15-4-1-3-13(9-15)12-32(28,29)27-14-7-8-14/h1-6,10-12,14,27H,7-9H2,(H2,22,30,31)(H2,23,24,25,26). The minimum absolute atomic E-state index is 0.000697. The van der Waals surface area contributed by atoms with Crippen LogP contribution in [0.5, 0.6) is 0 Å². The summed E-state index contributed by atoms with van der Waals surface area (Å²) < 4.78 is 64.3. The lowest BCUT2D eigenvalue weighted by Crippen LogP contribution is -2.23. The first-order chi connectivity index (χ1) is 15.6. The molecule has 2 aliphatic rings. The summed E-state index contributed by atoms with van der Waals surface area (Å²) in [5.74, 6) is -0.831. The minimum Gasteiger partial charge on any atom is -0.341 e. The molecule has 2 aromatic rings. The average molecular weight is 493 g/mol. The second-order valence-electron chi connectivity index (χ2n) is 7.57. The van der Waals surface area contributed by atoms with Gasteiger partial charge in [-0.15, -0.1) is 0 Å². The zero-order chi connectivity index (χ0) is 23.6. The molecule has 0 bridgehead atoms. The first kappa shape index (κ1) is 23.0. The van der Waals surface area contributed by atoms with E-state index in [2.05, 4.69) is 25.3 Å². The van der Waals surface area contributed by atoms with Crippen molar-refractivity contribution >= 4 is 37.5 Å². The molecule has 33 heavy (non-hydrogen) atoms. The fraction of sp³-hybridized carbons (Fsp3) is 0.200. The molecule has 0 amide bonds. The summed E-state index contributed by atoms with van der Waals surface area (Å²) in [6, 6.07) is 5.71. The van der Waals surface area contributed by atoms with Gasteiger partial charge in [-0.05, 0) is 42.7 Å². The number of nitrogens with zero attached hydrogens (tertiary/aromatic N) is 2. The van der Waals surface area contributed by atoms with Crippen molar-refractivity contribution in [1.82, 2.24) is 14.7 Å². The maximum absolute atomic E-state index is 14.3. The van der Waals surface area contributed by atoms with E-state index in [1.54, 1.807) is 24.3 Å². The highest BCUT2D eigenvalue weighted by molar-refractivity contribution is 7.92. The molecule has 0 saturated heterocycles. The number of hydrogen-bond acceptors (Lipinski definition) is 8. The van der Waals surface area contributed by atoms with Crippen molar-refractivity contribution in [3.8, 4) is 0 Å². The van der Waals surface area contributed by atoms with E-state index in [-0.39, 0.29) is 29.1 Å². The summed E-state index contributed by atoms with van der Waals surface area (Å²) in [5.41, 5.74) is 1.41. The van der Waals surface area contributed by atoms with E-state index in [9.17, 15) is 21.2 Å². The largest absolute Gasteiger partial charge is 0.341 e. The van der Waals surface area contributed by atoms with Gasteiger partial charge in [0.05, 0.1) is 11.1 Å². The molecule has 0 unspecified atom stereocenters. The molecule has 1 fully saturated rings. The van der Waals surface area contributed by atoms with Gasteiger partial charge in [0.2, 0.25) is 26.0 Å². The summed E-state index contributed by atoms with van der Waals surface area (Å²) in [6.45, 7) is 0. The van der Waals surface area contributed by atoms with Crippen LogP contribution in [0.25, 0.3) is 0 Å². The van der Waals surface area contributed by atoms with E-state index >= 15 is 0 Å². The van der Waals surface area contributed by atoms with Crippen LogP contribution in [0.4, 0.5) is 21.8 Å². The SMILES string of the molecule is NS(=O)(=O)c1cccc(Nc2ncc(F)c(NC3=CC=CC(=CS(=O)(=O)NC4CC4)C3)n2)c1. The fourth-order valence-corrected chi connectivity index (χ4v) is 4.89. The third-order valence-corrected chi connectivity index (χ3v) is 6.84. The smallest absolute Gasteiger partial charge is 0.238 e. The molecule has 10 nitrogen and oxygen atoms in total. The Morgan fingerprint density at radius 3 is 2.67 bits per heavy atom. The number of anilines is 3. The first-order valence-electron chi connectivity index (χ1n) is 9.87. The minimum atomic E-state index is -3.89. The summed E-state index contributed by atoms with van der Waals surface area (Å²) in [6.07, 6.45) is 7.86. The molecule has 0 atom stereocenters. The van der Waals surface area contributed by atoms with Gasteiger partial charge in [-0.25, -0.2) is 36.1 Å². The number of sulfonamides is 2. The van der Waals surface area contributed by atoms with Crippen LogP contribution in [0.2, 0.25) is 0 Å². The van der Waals surface area contributed by atoms with Crippen LogP contribution in [0, 0.1) is 5.82 Å². The van der Waals surface area contributed by atoms with Crippen LogP contribution >= 0.6 is 0 Å². The molecule has 0 spiro atoms. The third kappa shape index (κ3) is 6.44. The summed E-state index contributed by atoms with van der Waals surface area (Å²) in [4.78, 5) is 7.86. The van der Waals surface area contributed by atoms with E-state index in [0.717, 1.165) is 24.4 Å². The Kier molecular flexibility index (Phi) is 6.30. The molecule has 1 saturated carbocycles. The Morgan fingerprint density at radius 1 is 1.15 bits per heavy atom. The molecule has 2 aliphatic carbocycles. The molecule has 1 heterocycles. The van der Waals surface area contributed by atoms with Crippen LogP contribution in [-0.2, 0) is 20.0 Å². The lowest BCUT2D eigenvalue weighted by atomic mass is 10.1. The second kappa shape index (κ2) is 9.02. The van der Waals surface area contributed by atoms with Crippen LogP contribution < -0.4 is 20.5 Å². The number of primary sulfonamides is 1. The Morgan fingerprint density at radius 2 is 1.94 bits per heavy atom. The van der Waals surface area contributed by atoms with Gasteiger partial charge in [0.25, 0.3) is 0 Å². The maximum Gasteiger partial charge on any atom is 0.238 e. The molecule has 1 aromatic heterocycles. The van der Waals surface area contributed by atoms with Gasteiger partial charge in [-0.2, -0.15) is 4.98 Å². The van der Waals surface area contributed by atoms with Gasteiger partial charge < -0.3 is 10.6 Å². The molecule has 4 rings (SSSR count). The zero-order valence-electron chi connectivity index (χ0n) is 17.2. The Labute approximate surface area is 190 Å². The molecular formula is C20H21FN6O4S2. The number of nitrogens with one attached hydrogen (secondary N) is 3. The highest BCUT2D eigenvalue weighted by atomic mass is 32.2. The summed E-state index contributed by atoms with van der Waals surface area (Å²) in [5, 5.41) is 12.0. The van der Waals surface area contributed by atoms with Crippen molar-refractivity contribution < 1.29 is 21.2 Å². The van der Waals surface area contributed by atoms with Crippen LogP contribution in [0.15, 0.2) is 70.3 Å². The zero-order valence-corrected chi connectivity index (χ0v) is 18.8. The first-order valence-corrected chi connectivity index (χ1v) is 13.0. The van der Waals surface area contributed by atoms with E-state index in [1.165, 1.54) is 18.2 Å². The lowest BCUT2D eigenvalue weighted by molar-refractivity contribution is 0.589. The fourth-order valence-electron chi connectivity index (χ4n) is 3.01. The summed E-state index contributed by atoms with van der Waals surface area (Å²) in [7, 11) is -7.45. The molecule has 1 aromatic carbocycles. The van der Waals surface area contributed by atoms with Crippen molar-refractivity contribution in [2.45, 2.75) is 30.2 Å². The van der Waals surface area contributed by atoms with E-state index < -0.39 is 25.9 Å². The van der Waals surface area contributed by atoms with E-state index in [0.29, 0.717) is 17.0 Å². The molecule has 5 N–H and O–H groups in total. The van der Waals surface area contributed by atoms with Gasteiger partial charge in [0, 0.05) is 29.3 Å². The molecule has 174 valence electrons. The van der Waals surface area contributed by atoms with Crippen molar-refractivity contribution in [3.05, 3.63) is 71.2 Å². The van der Waals surface area contributed by atoms with Gasteiger partial charge in [0.15, 0.2) is 11.6 Å². The molecule has 0 aliphatic heterocycles. The quantitative estimate of drug-likeness (QED) is 0.437. The number of hydrogen-bond donors (Lipinski definition) is 4. The second-order valence-corrected chi connectivity index (χ2v) is 10.7. The number of rotatable bonds is 8. The van der Waals surface area contributed by atoms with E-state index in [1.807, 2.05) is 0 Å². The van der Waals surface area contributed by atoms with Crippen LogP contribution in [0.1, 0.15) is 19.3 Å². The van der Waals surface area contributed by atoms with Crippen molar-refractivity contribution in [2.75, 3.05) is 10.6 Å². The van der Waals surface area contributed by atoms with Gasteiger partial charge in [0.1, 0.15) is 0 Å². The van der Waals surface area contributed by atoms with Gasteiger partial charge in [-0.3, -0.25) is 0 Å². The lowest BCUT2D eigenvalue weighted by Gasteiger charge is -2.15. The Hall–Kier alpha value is -3.13. The number of allylic oxidation sites excluding steroid dienone is 4. The highest BCUT2D eigenvalue weighted by Crippen LogP contribution is 2.25. The van der Waals surface area contributed by atoms with Gasteiger partial charge >= 0.3 is 0 Å². The van der Waals surface area contributed by atoms with Crippen molar-refractivity contribution in [1.29, 1.82) is 0 Å². The van der Waals surface area contributed by atoms with Crippen LogP contribution in [-0.4, -0.2) is 32.8 Å². The monoisotopic (exact) mass is 492 g/mol. The highest BCUT2D eigenvalue weighted by Gasteiger charge is 2.26. The number of halogens is 1. The Bertz CT molecular complexity index is 1380. The number of benzene rings is 1. The average Bonchev–Trinajstić information content (AvgIpc) is 3.53. The topological polar surface area (TPSA) is 156 Å². The van der Waals surface area contributed by atoms with Crippen molar-refractivity contribution in [2.24, 2.45) is 5.14 Å². The van der Waals surface area contributed by atoms with Gasteiger partial charge in [-0.1, -0.05) is 18.2 Å². The number of nitrogens with two attached hydrogens (primary N) is 1. The predicted octanol–water partition coefficient (Wildman–Crippen LogP) is 2.23. The predicted molar refractivity (Wildman–Crippen MR) is 122 cm³/mol. The maximum atomic E-state index is 14.3. The molecule has 13 heteroatoms. The molecule has 0 radical (unpaired) electrons. The number of aromatic nitrogens is 2. The van der Waals surface area contributed by atoms with Crippen LogP contribution in [0.3, 0.4) is 0 Å². The van der Waals surface area contributed by atoms with Crippen molar-refractivity contribution in [3.63, 3.8) is 0 Å². The third-order valence-electron chi connectivity index (χ3n) is 4.66. The Balaban J connectivity index is 1.48. The normalized spacial score (nSPS) is 17.6. The summed E-state index contributed by atoms with van der Waals surface area (Å²) >= 11 is 0.